The van der Waals surface area contributed by atoms with Gasteiger partial charge in [0.2, 0.25) is 47.3 Å². The van der Waals surface area contributed by atoms with Gasteiger partial charge in [0, 0.05) is 45.0 Å². The number of primary amides is 1. The van der Waals surface area contributed by atoms with Crippen molar-refractivity contribution in [3.8, 4) is 0 Å². The number of nitrogens with one attached hydrogen (secondary N) is 11. The predicted molar refractivity (Wildman–Crippen MR) is 303 cm³/mol. The second-order valence-corrected chi connectivity index (χ2v) is 20.3. The van der Waals surface area contributed by atoms with E-state index in [0.29, 0.717) is 25.8 Å². The van der Waals surface area contributed by atoms with Crippen molar-refractivity contribution in [2.45, 2.75) is 198 Å². The number of aromatic amines is 2. The van der Waals surface area contributed by atoms with E-state index in [4.69, 9.17) is 26.4 Å². The minimum atomic E-state index is -1.74. The molecule has 8 amide bonds. The molecule has 0 unspecified atom stereocenters. The van der Waals surface area contributed by atoms with Gasteiger partial charge in [0.05, 0.1) is 51.1 Å². The van der Waals surface area contributed by atoms with Gasteiger partial charge in [-0.3, -0.25) is 48.6 Å². The van der Waals surface area contributed by atoms with Crippen LogP contribution in [-0.2, 0) is 65.5 Å². The van der Waals surface area contributed by atoms with Crippen LogP contribution in [0.3, 0.4) is 0 Å². The standard InChI is InChI=1S/C53H93N17O13/c1-3-4-19-38(36(2)73)62-51(80)42(32-71)66-50(79)41(30-37-31-57-35-60-37)64-52(81)43(33-72)65-48(77)39(20-18-25-59-53(55)56)63-49(78)40(23-24-44(54)74)61-47(76)34-83-29-28-82-27-26-58-46(75)22-17-15-13-11-9-7-5-6-8-10-12-14-16-21-45-67-69-70-68-45/h31,35,38-43,71-72H,3-30,32-34H2,1-2H3,(H2,54,74)(H,57,60)(H,58,75)(H,61,76)(H,62,80)(H,63,78)(H,64,81)(H,65,77)(H,66,79)(H4,55,56,59)(H,67,68,69,70)/t38-,39-,40-,41-,42-,43-/m0/s1. The SMILES string of the molecule is CCCC[C@H](NC(=O)[C@H](CO)NC(=O)[C@H](Cc1c[nH]cn1)NC(=O)[C@H](CO)NC(=O)[C@H](CCCNC(=N)N)NC(=O)[C@H](CCC(N)=O)NC(=O)COCCOCCNC(=O)CCCCCCCCCCCCCCCc1nnn[nH]1)C(C)=O. The number of rotatable bonds is 50. The lowest BCUT2D eigenvalue weighted by atomic mass is 10.0. The van der Waals surface area contributed by atoms with Gasteiger partial charge >= 0.3 is 0 Å². The zero-order valence-corrected chi connectivity index (χ0v) is 48.4. The third kappa shape index (κ3) is 34.1. The lowest BCUT2D eigenvalue weighted by Crippen LogP contribution is -2.61. The third-order valence-electron chi connectivity index (χ3n) is 13.2. The number of imidazole rings is 1. The molecule has 83 heavy (non-hydrogen) atoms. The highest BCUT2D eigenvalue weighted by Crippen LogP contribution is 2.14. The average Bonchev–Trinajstić information content (AvgIpc) is 4.24. The number of Topliss-reactive ketones (excluding diaryl/α,β-unsaturated/α-hetero) is 1. The molecule has 0 bridgehead atoms. The number of aliphatic hydroxyl groups excluding tert-OH is 2. The molecule has 2 rings (SSSR count). The molecule has 2 aromatic heterocycles. The molecule has 2 heterocycles. The molecule has 0 aromatic carbocycles. The number of aromatic nitrogens is 6. The molecular formula is C53H93N17O13. The van der Waals surface area contributed by atoms with Crippen molar-refractivity contribution >= 4 is 59.0 Å². The van der Waals surface area contributed by atoms with Gasteiger partial charge in [-0.2, -0.15) is 0 Å². The van der Waals surface area contributed by atoms with E-state index in [2.05, 4.69) is 73.1 Å². The first-order chi connectivity index (χ1) is 40.0. The summed E-state index contributed by atoms with van der Waals surface area (Å²) in [6.07, 6.45) is 19.9. The molecule has 0 saturated carbocycles. The number of amides is 8. The number of nitrogens with zero attached hydrogens (tertiary/aromatic N) is 4. The highest BCUT2D eigenvalue weighted by molar-refractivity contribution is 5.97. The second kappa shape index (κ2) is 44.4. The zero-order chi connectivity index (χ0) is 61.0. The minimum Gasteiger partial charge on any atom is -0.394 e. The summed E-state index contributed by atoms with van der Waals surface area (Å²) in [4.78, 5) is 124. The summed E-state index contributed by atoms with van der Waals surface area (Å²) in [7, 11) is 0. The molecule has 0 fully saturated rings. The van der Waals surface area contributed by atoms with Crippen molar-refractivity contribution in [1.82, 2.24) is 73.1 Å². The number of aryl methyl sites for hydroxylation is 1. The monoisotopic (exact) mass is 1180 g/mol. The Morgan fingerprint density at radius 1 is 0.590 bits per heavy atom. The Bertz CT molecular complexity index is 2210. The number of hydrogen-bond donors (Lipinski definition) is 15. The quantitative estimate of drug-likeness (QED) is 0.0204. The lowest BCUT2D eigenvalue weighted by Gasteiger charge is -2.26. The van der Waals surface area contributed by atoms with Crippen LogP contribution in [0.5, 0.6) is 0 Å². The van der Waals surface area contributed by atoms with Gasteiger partial charge in [-0.1, -0.05) is 90.4 Å². The van der Waals surface area contributed by atoms with Crippen molar-refractivity contribution in [2.24, 2.45) is 11.5 Å². The van der Waals surface area contributed by atoms with Gasteiger partial charge in [-0.15, -0.1) is 5.10 Å². The van der Waals surface area contributed by atoms with Gasteiger partial charge in [-0.25, -0.2) is 10.1 Å². The third-order valence-corrected chi connectivity index (χ3v) is 13.2. The molecule has 17 N–H and O–H groups in total. The summed E-state index contributed by atoms with van der Waals surface area (Å²) in [5.41, 5.74) is 11.0. The molecule has 0 radical (unpaired) electrons. The fraction of sp³-hybridized carbons (Fsp3) is 0.736. The van der Waals surface area contributed by atoms with Crippen molar-refractivity contribution < 1.29 is 62.8 Å². The van der Waals surface area contributed by atoms with Crippen LogP contribution in [0.25, 0.3) is 0 Å². The van der Waals surface area contributed by atoms with Crippen molar-refractivity contribution in [3.05, 3.63) is 24.0 Å². The van der Waals surface area contributed by atoms with Crippen LogP contribution in [-0.4, -0.2) is 189 Å². The predicted octanol–water partition coefficient (Wildman–Crippen LogP) is -1.48. The fourth-order valence-electron chi connectivity index (χ4n) is 8.49. The molecule has 0 spiro atoms. The molecule has 0 aliphatic heterocycles. The first kappa shape index (κ1) is 71.9. The molecule has 2 aromatic rings. The van der Waals surface area contributed by atoms with Gasteiger partial charge in [0.25, 0.3) is 0 Å². The van der Waals surface area contributed by atoms with E-state index in [1.54, 1.807) is 0 Å². The fourth-order valence-corrected chi connectivity index (χ4v) is 8.49. The van der Waals surface area contributed by atoms with Crippen LogP contribution in [0.2, 0.25) is 0 Å². The molecule has 30 heteroatoms. The normalized spacial score (nSPS) is 13.3. The molecular weight excluding hydrogens is 1080 g/mol. The van der Waals surface area contributed by atoms with Crippen LogP contribution in [0, 0.1) is 5.41 Å². The lowest BCUT2D eigenvalue weighted by molar-refractivity contribution is -0.136. The van der Waals surface area contributed by atoms with E-state index in [0.717, 1.165) is 44.3 Å². The number of carbonyl (C=O) groups excluding carboxylic acids is 9. The number of nitrogens with two attached hydrogens (primary N) is 2. The number of ketones is 1. The van der Waals surface area contributed by atoms with E-state index < -0.39 is 97.4 Å². The van der Waals surface area contributed by atoms with E-state index in [1.807, 2.05) is 6.92 Å². The van der Waals surface area contributed by atoms with Gasteiger partial charge in [-0.05, 0) is 55.9 Å². The molecule has 0 saturated heterocycles. The number of aliphatic hydroxyl groups is 2. The van der Waals surface area contributed by atoms with E-state index in [-0.39, 0.29) is 81.8 Å². The summed E-state index contributed by atoms with van der Waals surface area (Å²) in [6, 6.07) is -8.54. The summed E-state index contributed by atoms with van der Waals surface area (Å²) < 4.78 is 10.9. The number of carbonyl (C=O) groups is 9. The molecule has 6 atom stereocenters. The average molecular weight is 1180 g/mol. The maximum Gasteiger partial charge on any atom is 0.246 e. The summed E-state index contributed by atoms with van der Waals surface area (Å²) in [5, 5.41) is 61.8. The smallest absolute Gasteiger partial charge is 0.246 e. The number of H-pyrrole nitrogens is 2. The van der Waals surface area contributed by atoms with Gasteiger partial charge in [0.15, 0.2) is 11.7 Å². The number of ether oxygens (including phenoxy) is 2. The van der Waals surface area contributed by atoms with E-state index >= 15 is 0 Å². The second-order valence-electron chi connectivity index (χ2n) is 20.3. The van der Waals surface area contributed by atoms with Crippen LogP contribution < -0.4 is 54.0 Å². The molecule has 468 valence electrons. The summed E-state index contributed by atoms with van der Waals surface area (Å²) in [6.45, 7) is 1.44. The summed E-state index contributed by atoms with van der Waals surface area (Å²) in [5.74, 6) is -6.29. The summed E-state index contributed by atoms with van der Waals surface area (Å²) >= 11 is 0. The highest BCUT2D eigenvalue weighted by atomic mass is 16.5. The minimum absolute atomic E-state index is 0.0172. The van der Waals surface area contributed by atoms with Crippen molar-refractivity contribution in [2.75, 3.05) is 52.7 Å². The largest absolute Gasteiger partial charge is 0.394 e. The van der Waals surface area contributed by atoms with Gasteiger partial charge < -0.3 is 78.7 Å². The van der Waals surface area contributed by atoms with Gasteiger partial charge in [0.1, 0.15) is 42.6 Å². The van der Waals surface area contributed by atoms with Crippen molar-refractivity contribution in [3.63, 3.8) is 0 Å². The molecule has 0 aliphatic carbocycles. The van der Waals surface area contributed by atoms with Crippen LogP contribution in [0.15, 0.2) is 12.5 Å². The Morgan fingerprint density at radius 2 is 1.12 bits per heavy atom. The Morgan fingerprint density at radius 3 is 1.66 bits per heavy atom. The maximum atomic E-state index is 13.9. The topological polar surface area (TPSA) is 468 Å². The number of guanidine groups is 1. The van der Waals surface area contributed by atoms with Crippen LogP contribution in [0.1, 0.15) is 160 Å². The van der Waals surface area contributed by atoms with Crippen molar-refractivity contribution in [1.29, 1.82) is 5.41 Å². The number of hydrogen-bond acceptors (Lipinski definition) is 18. The first-order valence-corrected chi connectivity index (χ1v) is 29.0. The van der Waals surface area contributed by atoms with E-state index in [9.17, 15) is 53.4 Å². The Balaban J connectivity index is 1.85. The van der Waals surface area contributed by atoms with E-state index in [1.165, 1.54) is 77.2 Å². The number of tetrazole rings is 1. The maximum absolute atomic E-state index is 13.9. The Kier molecular flexibility index (Phi) is 38.5. The Labute approximate surface area is 485 Å². The highest BCUT2D eigenvalue weighted by Gasteiger charge is 2.33. The molecule has 30 nitrogen and oxygen atoms in total. The first-order valence-electron chi connectivity index (χ1n) is 29.0. The zero-order valence-electron chi connectivity index (χ0n) is 48.4. The van der Waals surface area contributed by atoms with Crippen LogP contribution in [0.4, 0.5) is 0 Å². The Hall–Kier alpha value is -7.18. The molecule has 0 aliphatic rings. The number of unbranched alkanes of at least 4 members (excludes halogenated alkanes) is 13. The van der Waals surface area contributed by atoms with Crippen LogP contribution >= 0.6 is 0 Å².